The zero-order valence-corrected chi connectivity index (χ0v) is 12.9. The highest BCUT2D eigenvalue weighted by molar-refractivity contribution is 6.31. The van der Waals surface area contributed by atoms with E-state index in [0.29, 0.717) is 5.02 Å². The van der Waals surface area contributed by atoms with E-state index >= 15 is 0 Å². The molecular formula is C18H13ClF2N2. The molecule has 0 saturated carbocycles. The summed E-state index contributed by atoms with van der Waals surface area (Å²) >= 11 is 6.12. The molecule has 23 heavy (non-hydrogen) atoms. The molecule has 1 aliphatic carbocycles. The molecule has 1 N–H and O–H groups in total. The van der Waals surface area contributed by atoms with Crippen LogP contribution in [-0.4, -0.2) is 4.98 Å². The standard InChI is InChI=1S/C18H13ClF2N2/c19-10-4-6-16-13(8-10)18(12-2-1-3-15(12)22-16)23-17-7-5-11(20)9-14(17)21/h4-9H,1-3H2,(H,22,23). The van der Waals surface area contributed by atoms with Gasteiger partial charge in [0.1, 0.15) is 11.6 Å². The topological polar surface area (TPSA) is 24.9 Å². The van der Waals surface area contributed by atoms with E-state index in [0.717, 1.165) is 53.2 Å². The Kier molecular flexibility index (Phi) is 3.42. The van der Waals surface area contributed by atoms with Crippen LogP contribution in [0.25, 0.3) is 10.9 Å². The molecule has 0 fully saturated rings. The molecule has 0 saturated heterocycles. The smallest absolute Gasteiger partial charge is 0.149 e. The second-order valence-electron chi connectivity index (χ2n) is 5.68. The Morgan fingerprint density at radius 1 is 1.04 bits per heavy atom. The molecule has 0 aliphatic heterocycles. The molecule has 2 aromatic carbocycles. The monoisotopic (exact) mass is 330 g/mol. The van der Waals surface area contributed by atoms with Crippen LogP contribution in [0.1, 0.15) is 17.7 Å². The number of hydrogen-bond acceptors (Lipinski definition) is 2. The third kappa shape index (κ3) is 2.53. The molecule has 0 unspecified atom stereocenters. The second kappa shape index (κ2) is 5.46. The Balaban J connectivity index is 1.92. The number of rotatable bonds is 2. The van der Waals surface area contributed by atoms with Gasteiger partial charge in [0, 0.05) is 22.2 Å². The van der Waals surface area contributed by atoms with Gasteiger partial charge in [0.15, 0.2) is 0 Å². The number of aryl methyl sites for hydroxylation is 1. The number of fused-ring (bicyclic) bond motifs is 2. The van der Waals surface area contributed by atoms with Crippen LogP contribution in [0.5, 0.6) is 0 Å². The second-order valence-corrected chi connectivity index (χ2v) is 6.11. The van der Waals surface area contributed by atoms with Gasteiger partial charge in [0.2, 0.25) is 0 Å². The summed E-state index contributed by atoms with van der Waals surface area (Å²) < 4.78 is 27.1. The van der Waals surface area contributed by atoms with Crippen molar-refractivity contribution in [3.8, 4) is 0 Å². The van der Waals surface area contributed by atoms with Crippen molar-refractivity contribution >= 4 is 33.9 Å². The maximum absolute atomic E-state index is 14.0. The minimum atomic E-state index is -0.622. The molecule has 1 aromatic heterocycles. The van der Waals surface area contributed by atoms with Gasteiger partial charge < -0.3 is 5.32 Å². The first-order valence-electron chi connectivity index (χ1n) is 7.45. The van der Waals surface area contributed by atoms with Crippen molar-refractivity contribution < 1.29 is 8.78 Å². The molecule has 0 bridgehead atoms. The van der Waals surface area contributed by atoms with Crippen molar-refractivity contribution in [3.05, 3.63) is 64.3 Å². The molecule has 0 radical (unpaired) electrons. The van der Waals surface area contributed by atoms with Crippen molar-refractivity contribution in [1.82, 2.24) is 4.98 Å². The zero-order chi connectivity index (χ0) is 16.0. The molecular weight excluding hydrogens is 318 g/mol. The van der Waals surface area contributed by atoms with Gasteiger partial charge in [-0.3, -0.25) is 4.98 Å². The Bertz CT molecular complexity index is 925. The average molecular weight is 331 g/mol. The lowest BCUT2D eigenvalue weighted by molar-refractivity contribution is 0.586. The Hall–Kier alpha value is -2.20. The van der Waals surface area contributed by atoms with Gasteiger partial charge in [-0.2, -0.15) is 0 Å². The molecule has 4 rings (SSSR count). The Labute approximate surface area is 137 Å². The van der Waals surface area contributed by atoms with Crippen molar-refractivity contribution in [1.29, 1.82) is 0 Å². The first-order chi connectivity index (χ1) is 11.1. The van der Waals surface area contributed by atoms with Gasteiger partial charge in [0.25, 0.3) is 0 Å². The maximum Gasteiger partial charge on any atom is 0.149 e. The lowest BCUT2D eigenvalue weighted by Gasteiger charge is -2.15. The van der Waals surface area contributed by atoms with Crippen LogP contribution in [-0.2, 0) is 12.8 Å². The van der Waals surface area contributed by atoms with Crippen molar-refractivity contribution in [3.63, 3.8) is 0 Å². The number of hydrogen-bond donors (Lipinski definition) is 1. The lowest BCUT2D eigenvalue weighted by Crippen LogP contribution is -2.01. The molecule has 2 nitrogen and oxygen atoms in total. The number of nitrogens with one attached hydrogen (secondary N) is 1. The highest BCUT2D eigenvalue weighted by Gasteiger charge is 2.20. The summed E-state index contributed by atoms with van der Waals surface area (Å²) in [6.45, 7) is 0. The van der Waals surface area contributed by atoms with Crippen LogP contribution in [0.3, 0.4) is 0 Å². The number of anilines is 2. The van der Waals surface area contributed by atoms with Crippen LogP contribution in [0.15, 0.2) is 36.4 Å². The fourth-order valence-electron chi connectivity index (χ4n) is 3.10. The number of halogens is 3. The maximum atomic E-state index is 14.0. The van der Waals surface area contributed by atoms with Gasteiger partial charge in [0.05, 0.1) is 16.9 Å². The Morgan fingerprint density at radius 3 is 2.74 bits per heavy atom. The number of benzene rings is 2. The largest absolute Gasteiger partial charge is 0.352 e. The summed E-state index contributed by atoms with van der Waals surface area (Å²) in [5, 5.41) is 4.58. The lowest BCUT2D eigenvalue weighted by atomic mass is 10.1. The van der Waals surface area contributed by atoms with Gasteiger partial charge in [-0.25, -0.2) is 8.78 Å². The summed E-state index contributed by atoms with van der Waals surface area (Å²) in [5.74, 6) is -1.22. The van der Waals surface area contributed by atoms with Gasteiger partial charge in [-0.05, 0) is 55.2 Å². The summed E-state index contributed by atoms with van der Waals surface area (Å²) in [5.41, 5.74) is 4.00. The Morgan fingerprint density at radius 2 is 1.91 bits per heavy atom. The van der Waals surface area contributed by atoms with Crippen LogP contribution in [0.4, 0.5) is 20.2 Å². The SMILES string of the molecule is Fc1ccc(Nc2c3c(nc4ccc(Cl)cc24)CCC3)c(F)c1. The average Bonchev–Trinajstić information content (AvgIpc) is 2.98. The van der Waals surface area contributed by atoms with E-state index in [2.05, 4.69) is 10.3 Å². The fraction of sp³-hybridized carbons (Fsp3) is 0.167. The molecule has 0 amide bonds. The molecule has 3 aromatic rings. The van der Waals surface area contributed by atoms with Crippen molar-refractivity contribution in [2.45, 2.75) is 19.3 Å². The highest BCUT2D eigenvalue weighted by Crippen LogP contribution is 2.37. The van der Waals surface area contributed by atoms with Gasteiger partial charge >= 0.3 is 0 Å². The van der Waals surface area contributed by atoms with Crippen LogP contribution < -0.4 is 5.32 Å². The summed E-state index contributed by atoms with van der Waals surface area (Å²) in [6, 6.07) is 9.00. The molecule has 5 heteroatoms. The van der Waals surface area contributed by atoms with Crippen LogP contribution in [0, 0.1) is 11.6 Å². The third-order valence-electron chi connectivity index (χ3n) is 4.16. The summed E-state index contributed by atoms with van der Waals surface area (Å²) in [6.07, 6.45) is 2.82. The molecule has 0 spiro atoms. The number of aromatic nitrogens is 1. The van der Waals surface area contributed by atoms with Crippen LogP contribution >= 0.6 is 11.6 Å². The fourth-order valence-corrected chi connectivity index (χ4v) is 3.27. The van der Waals surface area contributed by atoms with E-state index in [4.69, 9.17) is 11.6 Å². The quantitative estimate of drug-likeness (QED) is 0.680. The van der Waals surface area contributed by atoms with Crippen LogP contribution in [0.2, 0.25) is 5.02 Å². The minimum absolute atomic E-state index is 0.243. The first-order valence-corrected chi connectivity index (χ1v) is 7.83. The van der Waals surface area contributed by atoms with E-state index in [1.807, 2.05) is 12.1 Å². The minimum Gasteiger partial charge on any atom is -0.352 e. The normalized spacial score (nSPS) is 13.3. The predicted octanol–water partition coefficient (Wildman–Crippen LogP) is 5.40. The van der Waals surface area contributed by atoms with Gasteiger partial charge in [-0.1, -0.05) is 11.6 Å². The van der Waals surface area contributed by atoms with E-state index in [-0.39, 0.29) is 5.69 Å². The molecule has 1 aliphatic rings. The van der Waals surface area contributed by atoms with E-state index in [9.17, 15) is 8.78 Å². The van der Waals surface area contributed by atoms with Crippen molar-refractivity contribution in [2.24, 2.45) is 0 Å². The molecule has 116 valence electrons. The predicted molar refractivity (Wildman–Crippen MR) is 88.4 cm³/mol. The highest BCUT2D eigenvalue weighted by atomic mass is 35.5. The van der Waals surface area contributed by atoms with Crippen molar-refractivity contribution in [2.75, 3.05) is 5.32 Å². The third-order valence-corrected chi connectivity index (χ3v) is 4.40. The van der Waals surface area contributed by atoms with E-state index in [1.54, 1.807) is 6.07 Å². The van der Waals surface area contributed by atoms with Gasteiger partial charge in [-0.15, -0.1) is 0 Å². The van der Waals surface area contributed by atoms with E-state index < -0.39 is 11.6 Å². The number of nitrogens with zero attached hydrogens (tertiary/aromatic N) is 1. The summed E-state index contributed by atoms with van der Waals surface area (Å²) in [7, 11) is 0. The first kappa shape index (κ1) is 14.4. The zero-order valence-electron chi connectivity index (χ0n) is 12.2. The number of pyridine rings is 1. The molecule has 0 atom stereocenters. The van der Waals surface area contributed by atoms with E-state index in [1.165, 1.54) is 12.1 Å². The molecule has 1 heterocycles. The summed E-state index contributed by atoms with van der Waals surface area (Å²) in [4.78, 5) is 4.68.